The van der Waals surface area contributed by atoms with Crippen molar-refractivity contribution < 1.29 is 4.74 Å². The summed E-state index contributed by atoms with van der Waals surface area (Å²) in [6.45, 7) is 3.04. The Morgan fingerprint density at radius 3 is 3.18 bits per heavy atom. The van der Waals surface area contributed by atoms with Crippen molar-refractivity contribution >= 4 is 27.7 Å². The summed E-state index contributed by atoms with van der Waals surface area (Å²) in [4.78, 5) is 0. The Kier molecular flexibility index (Phi) is 3.13. The van der Waals surface area contributed by atoms with Crippen molar-refractivity contribution in [2.24, 2.45) is 11.7 Å². The van der Waals surface area contributed by atoms with E-state index in [1.54, 1.807) is 0 Å². The van der Waals surface area contributed by atoms with E-state index >= 15 is 0 Å². The minimum atomic E-state index is 0.115. The van der Waals surface area contributed by atoms with Gasteiger partial charge in [0.05, 0.1) is 6.61 Å². The highest BCUT2D eigenvalue weighted by atomic mass is 79.9. The molecule has 0 aromatic heterocycles. The fraction of sp³-hybridized carbons (Fsp3) is 0.538. The lowest BCUT2D eigenvalue weighted by atomic mass is 9.91. The summed E-state index contributed by atoms with van der Waals surface area (Å²) >= 11 is 5.66. The zero-order chi connectivity index (χ0) is 12.0. The lowest BCUT2D eigenvalue weighted by Gasteiger charge is -2.21. The van der Waals surface area contributed by atoms with Gasteiger partial charge in [-0.05, 0) is 28.9 Å². The Morgan fingerprint density at radius 2 is 2.35 bits per heavy atom. The van der Waals surface area contributed by atoms with Crippen molar-refractivity contribution in [3.05, 3.63) is 27.2 Å². The predicted molar refractivity (Wildman–Crippen MR) is 75.6 cm³/mol. The number of halogens is 1. The molecule has 0 bridgehead atoms. The van der Waals surface area contributed by atoms with Gasteiger partial charge >= 0.3 is 0 Å². The molecule has 3 rings (SSSR count). The zero-order valence-electron chi connectivity index (χ0n) is 9.83. The number of benzene rings is 1. The fourth-order valence-electron chi connectivity index (χ4n) is 2.62. The smallest absolute Gasteiger partial charge is 0.127 e. The number of nitrogens with two attached hydrogens (primary N) is 1. The standard InChI is InChI=1S/C13H16BrNOS/c1-7-5-17-6-9-11(12(7)15)10(14)4-8-2-3-16-13(8)9/h4,7,12H,2-3,5-6,15H2,1H3. The lowest BCUT2D eigenvalue weighted by molar-refractivity contribution is 0.353. The Balaban J connectivity index is 2.19. The van der Waals surface area contributed by atoms with Gasteiger partial charge in [0, 0.05) is 28.3 Å². The van der Waals surface area contributed by atoms with Crippen molar-refractivity contribution in [2.45, 2.75) is 25.1 Å². The summed E-state index contributed by atoms with van der Waals surface area (Å²) in [5, 5.41) is 0. The molecule has 0 radical (unpaired) electrons. The van der Waals surface area contributed by atoms with Crippen LogP contribution >= 0.6 is 27.7 Å². The van der Waals surface area contributed by atoms with Gasteiger partial charge in [0.1, 0.15) is 5.75 Å². The number of hydrogen-bond donors (Lipinski definition) is 1. The van der Waals surface area contributed by atoms with Crippen molar-refractivity contribution in [3.8, 4) is 5.75 Å². The van der Waals surface area contributed by atoms with Crippen LogP contribution in [0.4, 0.5) is 0 Å². The number of rotatable bonds is 0. The van der Waals surface area contributed by atoms with E-state index in [0.717, 1.165) is 30.3 Å². The SMILES string of the molecule is CC1CSCc2c3c(cc(Br)c2C1N)CCO3. The largest absolute Gasteiger partial charge is 0.493 e. The average molecular weight is 314 g/mol. The second-order valence-electron chi connectivity index (χ2n) is 4.86. The summed E-state index contributed by atoms with van der Waals surface area (Å²) in [7, 11) is 0. The van der Waals surface area contributed by atoms with Crippen LogP contribution in [0.25, 0.3) is 0 Å². The van der Waals surface area contributed by atoms with Crippen LogP contribution in [-0.4, -0.2) is 12.4 Å². The molecule has 4 heteroatoms. The van der Waals surface area contributed by atoms with Crippen molar-refractivity contribution in [2.75, 3.05) is 12.4 Å². The summed E-state index contributed by atoms with van der Waals surface area (Å²) < 4.78 is 6.97. The highest BCUT2D eigenvalue weighted by molar-refractivity contribution is 9.10. The highest BCUT2D eigenvalue weighted by Gasteiger charge is 2.29. The molecule has 0 saturated carbocycles. The predicted octanol–water partition coefficient (Wildman–Crippen LogP) is 3.27. The van der Waals surface area contributed by atoms with E-state index in [2.05, 4.69) is 28.9 Å². The molecule has 0 saturated heterocycles. The Morgan fingerprint density at radius 1 is 1.53 bits per heavy atom. The molecule has 2 atom stereocenters. The maximum absolute atomic E-state index is 6.39. The maximum Gasteiger partial charge on any atom is 0.127 e. The molecule has 2 heterocycles. The number of thioether (sulfide) groups is 1. The van der Waals surface area contributed by atoms with Gasteiger partial charge in [-0.2, -0.15) is 11.8 Å². The number of hydrogen-bond acceptors (Lipinski definition) is 3. The average Bonchev–Trinajstić information content (AvgIpc) is 2.69. The minimum Gasteiger partial charge on any atom is -0.493 e. The summed E-state index contributed by atoms with van der Waals surface area (Å²) in [6, 6.07) is 2.31. The molecule has 1 aromatic rings. The van der Waals surface area contributed by atoms with Crippen LogP contribution in [0.3, 0.4) is 0 Å². The molecule has 2 nitrogen and oxygen atoms in total. The zero-order valence-corrected chi connectivity index (χ0v) is 12.2. The minimum absolute atomic E-state index is 0.115. The summed E-state index contributed by atoms with van der Waals surface area (Å²) in [6.07, 6.45) is 1.02. The third kappa shape index (κ3) is 1.90. The fourth-order valence-corrected chi connectivity index (χ4v) is 4.59. The second-order valence-corrected chi connectivity index (χ2v) is 6.74. The van der Waals surface area contributed by atoms with Crippen LogP contribution in [0.2, 0.25) is 0 Å². The van der Waals surface area contributed by atoms with Gasteiger partial charge in [0.2, 0.25) is 0 Å². The first-order chi connectivity index (χ1) is 8.18. The van der Waals surface area contributed by atoms with Gasteiger partial charge < -0.3 is 10.5 Å². The van der Waals surface area contributed by atoms with Gasteiger partial charge in [-0.25, -0.2) is 0 Å². The van der Waals surface area contributed by atoms with Crippen LogP contribution in [0.5, 0.6) is 5.75 Å². The molecule has 0 fully saturated rings. The first-order valence-electron chi connectivity index (χ1n) is 5.98. The van der Waals surface area contributed by atoms with Gasteiger partial charge in [-0.3, -0.25) is 0 Å². The molecule has 0 amide bonds. The molecule has 0 aliphatic carbocycles. The van der Waals surface area contributed by atoms with E-state index < -0.39 is 0 Å². The molecule has 2 aliphatic heterocycles. The topological polar surface area (TPSA) is 35.2 Å². The van der Waals surface area contributed by atoms with Crippen LogP contribution in [0, 0.1) is 5.92 Å². The van der Waals surface area contributed by atoms with Crippen molar-refractivity contribution in [1.82, 2.24) is 0 Å². The molecule has 17 heavy (non-hydrogen) atoms. The molecule has 0 spiro atoms. The molecule has 92 valence electrons. The summed E-state index contributed by atoms with van der Waals surface area (Å²) in [5.41, 5.74) is 10.3. The van der Waals surface area contributed by atoms with Crippen molar-refractivity contribution in [3.63, 3.8) is 0 Å². The molecule has 1 aromatic carbocycles. The van der Waals surface area contributed by atoms with E-state index in [0.29, 0.717) is 5.92 Å². The molecular formula is C13H16BrNOS. The Hall–Kier alpha value is -0.190. The van der Waals surface area contributed by atoms with E-state index in [9.17, 15) is 0 Å². The monoisotopic (exact) mass is 313 g/mol. The third-order valence-corrected chi connectivity index (χ3v) is 5.55. The Bertz CT molecular complexity index is 463. The van der Waals surface area contributed by atoms with E-state index in [-0.39, 0.29) is 6.04 Å². The van der Waals surface area contributed by atoms with Gasteiger partial charge in [-0.1, -0.05) is 22.9 Å². The van der Waals surface area contributed by atoms with Crippen LogP contribution in [-0.2, 0) is 12.2 Å². The Labute approximate surface area is 114 Å². The van der Waals surface area contributed by atoms with Crippen molar-refractivity contribution in [1.29, 1.82) is 0 Å². The number of ether oxygens (including phenoxy) is 1. The second kappa shape index (κ2) is 4.48. The van der Waals surface area contributed by atoms with E-state index in [1.165, 1.54) is 21.2 Å². The van der Waals surface area contributed by atoms with E-state index in [4.69, 9.17) is 10.5 Å². The van der Waals surface area contributed by atoms with Crippen LogP contribution < -0.4 is 10.5 Å². The molecule has 2 unspecified atom stereocenters. The van der Waals surface area contributed by atoms with Gasteiger partial charge in [0.15, 0.2) is 0 Å². The van der Waals surface area contributed by atoms with Gasteiger partial charge in [0.25, 0.3) is 0 Å². The third-order valence-electron chi connectivity index (χ3n) is 3.64. The summed E-state index contributed by atoms with van der Waals surface area (Å²) in [5.74, 6) is 3.77. The quantitative estimate of drug-likeness (QED) is 0.798. The first kappa shape index (κ1) is 11.9. The normalized spacial score (nSPS) is 27.0. The highest BCUT2D eigenvalue weighted by Crippen LogP contribution is 2.44. The van der Waals surface area contributed by atoms with E-state index in [1.807, 2.05) is 11.8 Å². The molecule has 2 N–H and O–H groups in total. The number of fused-ring (bicyclic) bond motifs is 3. The molecular weight excluding hydrogens is 298 g/mol. The van der Waals surface area contributed by atoms with Crippen LogP contribution in [0.1, 0.15) is 29.7 Å². The van der Waals surface area contributed by atoms with Crippen LogP contribution in [0.15, 0.2) is 10.5 Å². The van der Waals surface area contributed by atoms with Gasteiger partial charge in [-0.15, -0.1) is 0 Å². The molecule has 2 aliphatic rings. The lowest BCUT2D eigenvalue weighted by Crippen LogP contribution is -2.21. The first-order valence-corrected chi connectivity index (χ1v) is 7.93. The maximum atomic E-state index is 6.39.